The van der Waals surface area contributed by atoms with Crippen LogP contribution in [0.2, 0.25) is 0 Å². The first-order chi connectivity index (χ1) is 10.1. The number of nitrogens with zero attached hydrogens (tertiary/aromatic N) is 4. The van der Waals surface area contributed by atoms with Crippen molar-refractivity contribution in [1.29, 1.82) is 0 Å². The molecule has 0 atom stereocenters. The minimum absolute atomic E-state index is 0.659. The first-order valence-corrected chi connectivity index (χ1v) is 6.97. The molecule has 0 unspecified atom stereocenters. The Bertz CT molecular complexity index is 593. The number of aromatic nitrogens is 1. The first kappa shape index (κ1) is 15.0. The molecule has 1 aromatic heterocycles. The molecule has 1 heterocycles. The Hall–Kier alpha value is -2.36. The Labute approximate surface area is 126 Å². The van der Waals surface area contributed by atoms with Crippen molar-refractivity contribution < 1.29 is 0 Å². The molecule has 0 fully saturated rings. The van der Waals surface area contributed by atoms with Crippen LogP contribution in [-0.4, -0.2) is 48.9 Å². The quantitative estimate of drug-likeness (QED) is 0.641. The SMILES string of the molecule is CN(C)C(=NCc1cccc(-c2ccccn2)c1)N(C)C. The van der Waals surface area contributed by atoms with Gasteiger partial charge in [-0.3, -0.25) is 4.98 Å². The Balaban J connectivity index is 2.21. The lowest BCUT2D eigenvalue weighted by Crippen LogP contribution is -2.35. The summed E-state index contributed by atoms with van der Waals surface area (Å²) in [5.41, 5.74) is 3.29. The predicted molar refractivity (Wildman–Crippen MR) is 88.2 cm³/mol. The fraction of sp³-hybridized carbons (Fsp3) is 0.294. The van der Waals surface area contributed by atoms with E-state index >= 15 is 0 Å². The number of aliphatic imine (C=N–C) groups is 1. The van der Waals surface area contributed by atoms with E-state index in [-0.39, 0.29) is 0 Å². The molecule has 0 aliphatic rings. The first-order valence-electron chi connectivity index (χ1n) is 6.97. The summed E-state index contributed by atoms with van der Waals surface area (Å²) in [5.74, 6) is 0.957. The average Bonchev–Trinajstić information content (AvgIpc) is 2.48. The lowest BCUT2D eigenvalue weighted by Gasteiger charge is -2.22. The zero-order chi connectivity index (χ0) is 15.2. The Morgan fingerprint density at radius 3 is 2.38 bits per heavy atom. The summed E-state index contributed by atoms with van der Waals surface area (Å²) in [7, 11) is 8.01. The minimum Gasteiger partial charge on any atom is -0.349 e. The predicted octanol–water partition coefficient (Wildman–Crippen LogP) is 2.73. The number of benzene rings is 1. The van der Waals surface area contributed by atoms with E-state index in [1.54, 1.807) is 0 Å². The average molecular weight is 282 g/mol. The van der Waals surface area contributed by atoms with Crippen LogP contribution in [0.25, 0.3) is 11.3 Å². The van der Waals surface area contributed by atoms with Gasteiger partial charge in [-0.25, -0.2) is 4.99 Å². The van der Waals surface area contributed by atoms with Gasteiger partial charge in [0.1, 0.15) is 0 Å². The molecule has 4 nitrogen and oxygen atoms in total. The molecule has 1 aromatic carbocycles. The molecule has 0 bridgehead atoms. The van der Waals surface area contributed by atoms with Gasteiger partial charge in [0, 0.05) is 40.0 Å². The van der Waals surface area contributed by atoms with E-state index < -0.39 is 0 Å². The minimum atomic E-state index is 0.659. The number of hydrogen-bond donors (Lipinski definition) is 0. The Morgan fingerprint density at radius 2 is 1.76 bits per heavy atom. The highest BCUT2D eigenvalue weighted by Gasteiger charge is 2.04. The molecular formula is C17H22N4. The third-order valence-electron chi connectivity index (χ3n) is 3.09. The molecule has 4 heteroatoms. The van der Waals surface area contributed by atoms with Crippen molar-refractivity contribution in [3.63, 3.8) is 0 Å². The summed E-state index contributed by atoms with van der Waals surface area (Å²) in [6.07, 6.45) is 1.82. The van der Waals surface area contributed by atoms with Crippen LogP contribution < -0.4 is 0 Å². The molecular weight excluding hydrogens is 260 g/mol. The van der Waals surface area contributed by atoms with Gasteiger partial charge >= 0.3 is 0 Å². The van der Waals surface area contributed by atoms with E-state index in [9.17, 15) is 0 Å². The van der Waals surface area contributed by atoms with Crippen LogP contribution in [0.5, 0.6) is 0 Å². The van der Waals surface area contributed by atoms with E-state index in [1.807, 2.05) is 62.4 Å². The van der Waals surface area contributed by atoms with Crippen molar-refractivity contribution in [3.8, 4) is 11.3 Å². The molecule has 0 spiro atoms. The van der Waals surface area contributed by atoms with Crippen LogP contribution in [0.15, 0.2) is 53.7 Å². The van der Waals surface area contributed by atoms with Crippen molar-refractivity contribution in [2.75, 3.05) is 28.2 Å². The molecule has 110 valence electrons. The van der Waals surface area contributed by atoms with Gasteiger partial charge in [0.25, 0.3) is 0 Å². The van der Waals surface area contributed by atoms with Gasteiger partial charge in [0.15, 0.2) is 5.96 Å². The van der Waals surface area contributed by atoms with Crippen molar-refractivity contribution in [3.05, 3.63) is 54.2 Å². The summed E-state index contributed by atoms with van der Waals surface area (Å²) >= 11 is 0. The zero-order valence-electron chi connectivity index (χ0n) is 13.1. The highest BCUT2D eigenvalue weighted by molar-refractivity contribution is 5.79. The zero-order valence-corrected chi connectivity index (χ0v) is 13.1. The summed E-state index contributed by atoms with van der Waals surface area (Å²) in [6.45, 7) is 0.659. The highest BCUT2D eigenvalue weighted by Crippen LogP contribution is 2.18. The largest absolute Gasteiger partial charge is 0.349 e. The van der Waals surface area contributed by atoms with E-state index in [0.717, 1.165) is 17.2 Å². The summed E-state index contributed by atoms with van der Waals surface area (Å²) < 4.78 is 0. The second-order valence-electron chi connectivity index (χ2n) is 5.32. The Morgan fingerprint density at radius 1 is 1.00 bits per heavy atom. The maximum atomic E-state index is 4.68. The maximum absolute atomic E-state index is 4.68. The van der Waals surface area contributed by atoms with Gasteiger partial charge in [-0.2, -0.15) is 0 Å². The second kappa shape index (κ2) is 6.88. The van der Waals surface area contributed by atoms with Crippen LogP contribution in [0.1, 0.15) is 5.56 Å². The van der Waals surface area contributed by atoms with E-state index in [4.69, 9.17) is 0 Å². The third kappa shape index (κ3) is 4.05. The molecule has 0 radical (unpaired) electrons. The lowest BCUT2D eigenvalue weighted by atomic mass is 10.1. The molecule has 21 heavy (non-hydrogen) atoms. The molecule has 0 aliphatic carbocycles. The summed E-state index contributed by atoms with van der Waals surface area (Å²) in [4.78, 5) is 13.1. The second-order valence-corrected chi connectivity index (χ2v) is 5.32. The van der Waals surface area contributed by atoms with Crippen molar-refractivity contribution in [1.82, 2.24) is 14.8 Å². The van der Waals surface area contributed by atoms with E-state index in [1.165, 1.54) is 5.56 Å². The third-order valence-corrected chi connectivity index (χ3v) is 3.09. The van der Waals surface area contributed by atoms with Crippen molar-refractivity contribution in [2.24, 2.45) is 4.99 Å². The number of pyridine rings is 1. The van der Waals surface area contributed by atoms with Crippen LogP contribution in [0.3, 0.4) is 0 Å². The van der Waals surface area contributed by atoms with Gasteiger partial charge in [0.05, 0.1) is 12.2 Å². The maximum Gasteiger partial charge on any atom is 0.195 e. The van der Waals surface area contributed by atoms with E-state index in [0.29, 0.717) is 6.54 Å². The monoisotopic (exact) mass is 282 g/mol. The van der Waals surface area contributed by atoms with Crippen molar-refractivity contribution in [2.45, 2.75) is 6.54 Å². The van der Waals surface area contributed by atoms with E-state index in [2.05, 4.69) is 34.2 Å². The summed E-state index contributed by atoms with van der Waals surface area (Å²) in [6, 6.07) is 14.3. The van der Waals surface area contributed by atoms with Crippen LogP contribution >= 0.6 is 0 Å². The molecule has 2 aromatic rings. The fourth-order valence-corrected chi connectivity index (χ4v) is 2.21. The topological polar surface area (TPSA) is 31.7 Å². The molecule has 0 saturated carbocycles. The van der Waals surface area contributed by atoms with Crippen LogP contribution in [0, 0.1) is 0 Å². The van der Waals surface area contributed by atoms with Crippen LogP contribution in [-0.2, 0) is 6.54 Å². The molecule has 0 aliphatic heterocycles. The van der Waals surface area contributed by atoms with Crippen molar-refractivity contribution >= 4 is 5.96 Å². The number of guanidine groups is 1. The van der Waals surface area contributed by atoms with Crippen LogP contribution in [0.4, 0.5) is 0 Å². The molecule has 0 N–H and O–H groups in total. The van der Waals surface area contributed by atoms with Gasteiger partial charge in [-0.15, -0.1) is 0 Å². The smallest absolute Gasteiger partial charge is 0.195 e. The number of hydrogen-bond acceptors (Lipinski definition) is 2. The normalized spacial score (nSPS) is 10.1. The van der Waals surface area contributed by atoms with Gasteiger partial charge in [-0.1, -0.05) is 24.3 Å². The molecule has 0 amide bonds. The number of rotatable bonds is 3. The lowest BCUT2D eigenvalue weighted by molar-refractivity contribution is 0.479. The standard InChI is InChI=1S/C17H22N4/c1-20(2)17(21(3)4)19-13-14-8-7-9-15(12-14)16-10-5-6-11-18-16/h5-12H,13H2,1-4H3. The fourth-order valence-electron chi connectivity index (χ4n) is 2.21. The highest BCUT2D eigenvalue weighted by atomic mass is 15.3. The molecule has 2 rings (SSSR count). The van der Waals surface area contributed by atoms with Gasteiger partial charge < -0.3 is 9.80 Å². The van der Waals surface area contributed by atoms with Gasteiger partial charge in [0.2, 0.25) is 0 Å². The van der Waals surface area contributed by atoms with Gasteiger partial charge in [-0.05, 0) is 23.8 Å². The molecule has 0 saturated heterocycles. The Kier molecular flexibility index (Phi) is 4.93. The summed E-state index contributed by atoms with van der Waals surface area (Å²) in [5, 5.41) is 0.